The monoisotopic (exact) mass is 407 g/mol. The van der Waals surface area contributed by atoms with Crippen molar-refractivity contribution < 1.29 is 14.3 Å². The number of nitrogens with zero attached hydrogens (tertiary/aromatic N) is 2. The molecule has 7 heteroatoms. The molecule has 7 nitrogen and oxygen atoms in total. The number of ether oxygens (including phenoxy) is 2. The summed E-state index contributed by atoms with van der Waals surface area (Å²) in [5.74, 6) is 0.105. The van der Waals surface area contributed by atoms with Crippen LogP contribution in [0.15, 0.2) is 53.3 Å². The predicted molar refractivity (Wildman–Crippen MR) is 113 cm³/mol. The second kappa shape index (κ2) is 9.19. The van der Waals surface area contributed by atoms with Crippen molar-refractivity contribution in [1.82, 2.24) is 14.9 Å². The number of aromatic amines is 1. The molecule has 0 amide bonds. The molecule has 30 heavy (non-hydrogen) atoms. The Hall–Kier alpha value is -3.03. The van der Waals surface area contributed by atoms with Crippen molar-refractivity contribution >= 4 is 16.9 Å². The van der Waals surface area contributed by atoms with Crippen LogP contribution in [0.1, 0.15) is 34.6 Å². The minimum Gasteiger partial charge on any atom is -0.465 e. The lowest BCUT2D eigenvalue weighted by atomic mass is 10.1. The molecule has 0 bridgehead atoms. The van der Waals surface area contributed by atoms with E-state index in [1.54, 1.807) is 18.2 Å². The molecule has 1 N–H and O–H groups in total. The van der Waals surface area contributed by atoms with E-state index in [4.69, 9.17) is 9.47 Å². The molecule has 2 aromatic carbocycles. The number of hydrogen-bond acceptors (Lipinski definition) is 6. The largest absolute Gasteiger partial charge is 0.465 e. The van der Waals surface area contributed by atoms with Gasteiger partial charge in [-0.3, -0.25) is 9.69 Å². The van der Waals surface area contributed by atoms with Gasteiger partial charge in [-0.1, -0.05) is 30.3 Å². The van der Waals surface area contributed by atoms with Crippen molar-refractivity contribution in [3.8, 4) is 0 Å². The molecule has 0 saturated carbocycles. The van der Waals surface area contributed by atoms with Crippen molar-refractivity contribution in [3.63, 3.8) is 0 Å². The summed E-state index contributed by atoms with van der Waals surface area (Å²) in [7, 11) is 1.33. The molecule has 0 spiro atoms. The molecular weight excluding hydrogens is 382 g/mol. The van der Waals surface area contributed by atoms with Gasteiger partial charge in [-0.2, -0.15) is 0 Å². The van der Waals surface area contributed by atoms with E-state index in [1.807, 2.05) is 18.2 Å². The summed E-state index contributed by atoms with van der Waals surface area (Å²) in [6, 6.07) is 15.0. The maximum absolute atomic E-state index is 12.6. The minimum absolute atomic E-state index is 0.187. The number of esters is 1. The Morgan fingerprint density at radius 3 is 2.80 bits per heavy atom. The van der Waals surface area contributed by atoms with Crippen LogP contribution in [0.5, 0.6) is 0 Å². The molecule has 1 aliphatic rings. The van der Waals surface area contributed by atoms with E-state index in [9.17, 15) is 9.59 Å². The van der Waals surface area contributed by atoms with Gasteiger partial charge in [-0.15, -0.1) is 0 Å². The van der Waals surface area contributed by atoms with Crippen LogP contribution < -0.4 is 5.56 Å². The topological polar surface area (TPSA) is 84.5 Å². The van der Waals surface area contributed by atoms with Crippen LogP contribution in [0.25, 0.3) is 10.9 Å². The van der Waals surface area contributed by atoms with E-state index in [2.05, 4.69) is 27.0 Å². The first-order valence-electron chi connectivity index (χ1n) is 10.1. The Labute approximate surface area is 174 Å². The van der Waals surface area contributed by atoms with Crippen molar-refractivity contribution in [2.45, 2.75) is 32.0 Å². The predicted octanol–water partition coefficient (Wildman–Crippen LogP) is 2.89. The SMILES string of the molecule is COC(=O)c1ccc2c(=O)[nH]c(CN(Cc3ccccc3)CC3CCCO3)nc2c1. The number of nitrogens with one attached hydrogen (secondary N) is 1. The van der Waals surface area contributed by atoms with Crippen LogP contribution in [0, 0.1) is 0 Å². The van der Waals surface area contributed by atoms with Gasteiger partial charge in [0.05, 0.1) is 36.2 Å². The van der Waals surface area contributed by atoms with Crippen molar-refractivity contribution in [2.24, 2.45) is 0 Å². The number of methoxy groups -OCH3 is 1. The van der Waals surface area contributed by atoms with Crippen molar-refractivity contribution in [3.05, 3.63) is 75.8 Å². The molecule has 2 heterocycles. The number of benzene rings is 2. The maximum atomic E-state index is 12.6. The Morgan fingerprint density at radius 2 is 2.07 bits per heavy atom. The van der Waals surface area contributed by atoms with Gasteiger partial charge in [0.1, 0.15) is 5.82 Å². The lowest BCUT2D eigenvalue weighted by Crippen LogP contribution is -2.32. The van der Waals surface area contributed by atoms with Gasteiger partial charge >= 0.3 is 5.97 Å². The second-order valence-corrected chi connectivity index (χ2v) is 7.53. The lowest BCUT2D eigenvalue weighted by Gasteiger charge is -2.25. The standard InChI is InChI=1S/C23H25N3O4/c1-29-23(28)17-9-10-19-20(12-17)24-21(25-22(19)27)15-26(14-18-8-5-11-30-18)13-16-6-3-2-4-7-16/h2-4,6-7,9-10,12,18H,5,8,11,13-15H2,1H3,(H,24,25,27). The van der Waals surface area contributed by atoms with Crippen molar-refractivity contribution in [2.75, 3.05) is 20.3 Å². The van der Waals surface area contributed by atoms with E-state index in [0.717, 1.165) is 32.5 Å². The van der Waals surface area contributed by atoms with Crippen LogP contribution >= 0.6 is 0 Å². The highest BCUT2D eigenvalue weighted by Gasteiger charge is 2.20. The Kier molecular flexibility index (Phi) is 6.21. The molecule has 3 aromatic rings. The summed E-state index contributed by atoms with van der Waals surface area (Å²) < 4.78 is 10.6. The fourth-order valence-electron chi connectivity index (χ4n) is 3.82. The zero-order valence-electron chi connectivity index (χ0n) is 17.0. The molecule has 156 valence electrons. The molecule has 1 saturated heterocycles. The average molecular weight is 407 g/mol. The van der Waals surface area contributed by atoms with Gasteiger partial charge in [0, 0.05) is 19.7 Å². The molecule has 0 radical (unpaired) electrons. The third-order valence-electron chi connectivity index (χ3n) is 5.28. The minimum atomic E-state index is -0.454. The Bertz CT molecular complexity index is 1070. The smallest absolute Gasteiger partial charge is 0.337 e. The summed E-state index contributed by atoms with van der Waals surface area (Å²) in [6.07, 6.45) is 2.30. The van der Waals surface area contributed by atoms with Gasteiger partial charge in [0.15, 0.2) is 0 Å². The maximum Gasteiger partial charge on any atom is 0.337 e. The number of aromatic nitrogens is 2. The Morgan fingerprint density at radius 1 is 1.23 bits per heavy atom. The van der Waals surface area contributed by atoms with E-state index in [0.29, 0.717) is 28.8 Å². The first-order valence-corrected chi connectivity index (χ1v) is 10.1. The van der Waals surface area contributed by atoms with Crippen LogP contribution in [0.3, 0.4) is 0 Å². The number of fused-ring (bicyclic) bond motifs is 1. The molecule has 1 atom stereocenters. The summed E-state index contributed by atoms with van der Waals surface area (Å²) in [6.45, 7) is 2.76. The third kappa shape index (κ3) is 4.75. The third-order valence-corrected chi connectivity index (χ3v) is 5.28. The number of H-pyrrole nitrogens is 1. The highest BCUT2D eigenvalue weighted by Crippen LogP contribution is 2.17. The molecule has 1 fully saturated rings. The van der Waals surface area contributed by atoms with Gasteiger partial charge in [-0.25, -0.2) is 9.78 Å². The van der Waals surface area contributed by atoms with Gasteiger partial charge < -0.3 is 14.5 Å². The van der Waals surface area contributed by atoms with E-state index >= 15 is 0 Å². The molecule has 4 rings (SSSR count). The van der Waals surface area contributed by atoms with Crippen LogP contribution in [-0.2, 0) is 22.6 Å². The molecular formula is C23H25N3O4. The fourth-order valence-corrected chi connectivity index (χ4v) is 3.82. The normalized spacial score (nSPS) is 16.3. The van der Waals surface area contributed by atoms with E-state index in [1.165, 1.54) is 12.7 Å². The first kappa shape index (κ1) is 20.3. The summed E-state index contributed by atoms with van der Waals surface area (Å²) >= 11 is 0. The zero-order chi connectivity index (χ0) is 20.9. The number of rotatable bonds is 7. The van der Waals surface area contributed by atoms with E-state index < -0.39 is 5.97 Å². The summed E-state index contributed by atoms with van der Waals surface area (Å²) in [5, 5.41) is 0.445. The van der Waals surface area contributed by atoms with Crippen LogP contribution in [0.4, 0.5) is 0 Å². The number of hydrogen-bond donors (Lipinski definition) is 1. The van der Waals surface area contributed by atoms with Gasteiger partial charge in [-0.05, 0) is 36.6 Å². The molecule has 1 unspecified atom stereocenters. The summed E-state index contributed by atoms with van der Waals surface area (Å²) in [5.41, 5.74) is 1.82. The van der Waals surface area contributed by atoms with Gasteiger partial charge in [0.2, 0.25) is 0 Å². The quantitative estimate of drug-likeness (QED) is 0.607. The second-order valence-electron chi connectivity index (χ2n) is 7.53. The Balaban J connectivity index is 1.61. The number of carbonyl (C=O) groups excluding carboxylic acids is 1. The highest BCUT2D eigenvalue weighted by molar-refractivity contribution is 5.93. The van der Waals surface area contributed by atoms with Crippen LogP contribution in [-0.4, -0.2) is 47.2 Å². The van der Waals surface area contributed by atoms with Crippen LogP contribution in [0.2, 0.25) is 0 Å². The average Bonchev–Trinajstić information content (AvgIpc) is 3.26. The zero-order valence-corrected chi connectivity index (χ0v) is 17.0. The fraction of sp³-hybridized carbons (Fsp3) is 0.348. The molecule has 0 aliphatic carbocycles. The number of carbonyl (C=O) groups is 1. The summed E-state index contributed by atoms with van der Waals surface area (Å²) in [4.78, 5) is 34.2. The van der Waals surface area contributed by atoms with Crippen molar-refractivity contribution in [1.29, 1.82) is 0 Å². The molecule has 1 aliphatic heterocycles. The first-order chi connectivity index (χ1) is 14.6. The highest BCUT2D eigenvalue weighted by atomic mass is 16.5. The van der Waals surface area contributed by atoms with Gasteiger partial charge in [0.25, 0.3) is 5.56 Å². The van der Waals surface area contributed by atoms with E-state index in [-0.39, 0.29) is 11.7 Å². The lowest BCUT2D eigenvalue weighted by molar-refractivity contribution is 0.0600. The molecule has 1 aromatic heterocycles.